The van der Waals surface area contributed by atoms with E-state index in [1.165, 1.54) is 30.0 Å². The van der Waals surface area contributed by atoms with Gasteiger partial charge in [0.2, 0.25) is 5.95 Å². The lowest BCUT2D eigenvalue weighted by molar-refractivity contribution is -0.274. The Morgan fingerprint density at radius 3 is 2.71 bits per heavy atom. The van der Waals surface area contributed by atoms with Crippen LogP contribution >= 0.6 is 0 Å². The number of hydroxylamine groups is 1. The molecule has 0 bridgehead atoms. The maximum absolute atomic E-state index is 12.5. The van der Waals surface area contributed by atoms with Gasteiger partial charge < -0.3 is 14.6 Å². The van der Waals surface area contributed by atoms with E-state index in [9.17, 15) is 18.0 Å². The van der Waals surface area contributed by atoms with Gasteiger partial charge in [-0.05, 0) is 18.2 Å². The van der Waals surface area contributed by atoms with Gasteiger partial charge in [0, 0.05) is 54.1 Å². The molecule has 3 N–H and O–H groups in total. The quantitative estimate of drug-likeness (QED) is 0.467. The van der Waals surface area contributed by atoms with E-state index in [0.29, 0.717) is 30.8 Å². The van der Waals surface area contributed by atoms with Gasteiger partial charge in [-0.1, -0.05) is 0 Å². The van der Waals surface area contributed by atoms with Crippen LogP contribution in [0.15, 0.2) is 30.6 Å². The van der Waals surface area contributed by atoms with Crippen LogP contribution in [0, 0.1) is 0 Å². The summed E-state index contributed by atoms with van der Waals surface area (Å²) in [4.78, 5) is 24.7. The zero-order valence-corrected chi connectivity index (χ0v) is 14.2. The molecule has 2 aromatic heterocycles. The predicted molar refractivity (Wildman–Crippen MR) is 91.0 cm³/mol. The van der Waals surface area contributed by atoms with E-state index in [-0.39, 0.29) is 11.3 Å². The van der Waals surface area contributed by atoms with Crippen molar-refractivity contribution < 1.29 is 27.9 Å². The van der Waals surface area contributed by atoms with Crippen LogP contribution in [0.4, 0.5) is 19.1 Å². The maximum atomic E-state index is 12.5. The summed E-state index contributed by atoms with van der Waals surface area (Å²) in [6.45, 7) is 0.980. The molecule has 0 fully saturated rings. The van der Waals surface area contributed by atoms with Crippen LogP contribution in [0.25, 0.3) is 10.9 Å². The number of anilines is 1. The number of H-pyrrole nitrogens is 1. The lowest BCUT2D eigenvalue weighted by Crippen LogP contribution is -2.31. The Hall–Kier alpha value is -3.34. The number of carbonyl (C=O) groups excluding carboxylic acids is 1. The SMILES string of the molecule is O=C(NO)c1cnc(N2CCc3[nH]c4ccc(OC(F)(F)F)cc4c3C2)nc1. The molecule has 3 heterocycles. The third-order valence-electron chi connectivity index (χ3n) is 4.47. The Morgan fingerprint density at radius 2 is 2.04 bits per heavy atom. The van der Waals surface area contributed by atoms with Gasteiger partial charge in [-0.25, -0.2) is 15.4 Å². The first-order valence-electron chi connectivity index (χ1n) is 8.25. The molecule has 146 valence electrons. The molecule has 0 atom stereocenters. The topological polar surface area (TPSA) is 103 Å². The molecule has 8 nitrogen and oxygen atoms in total. The molecule has 28 heavy (non-hydrogen) atoms. The van der Waals surface area contributed by atoms with Crippen LogP contribution in [0.5, 0.6) is 5.75 Å². The van der Waals surface area contributed by atoms with Gasteiger partial charge in [-0.15, -0.1) is 13.2 Å². The standard InChI is InChI=1S/C17H14F3N5O3/c18-17(19,20)28-10-1-2-13-11(5-10)12-8-25(4-3-14(12)23-13)16-21-6-9(7-22-16)15(26)24-27/h1-2,5-7,23,27H,3-4,8H2,(H,24,26). The molecule has 0 saturated heterocycles. The number of aromatic amines is 1. The number of nitrogens with zero attached hydrogens (tertiary/aromatic N) is 3. The van der Waals surface area contributed by atoms with Gasteiger partial charge in [0.05, 0.1) is 5.56 Å². The Labute approximate surface area is 155 Å². The van der Waals surface area contributed by atoms with Crippen LogP contribution in [0.3, 0.4) is 0 Å². The number of rotatable bonds is 3. The van der Waals surface area contributed by atoms with Crippen molar-refractivity contribution in [2.75, 3.05) is 11.4 Å². The second kappa shape index (κ2) is 6.68. The average Bonchev–Trinajstić information content (AvgIpc) is 3.03. The molecular formula is C17H14F3N5O3. The van der Waals surface area contributed by atoms with Gasteiger partial charge >= 0.3 is 6.36 Å². The average molecular weight is 393 g/mol. The number of halogens is 3. The summed E-state index contributed by atoms with van der Waals surface area (Å²) in [5.41, 5.74) is 4.10. The van der Waals surface area contributed by atoms with Crippen LogP contribution in [0.2, 0.25) is 0 Å². The number of ether oxygens (including phenoxy) is 1. The molecule has 1 amide bonds. The monoisotopic (exact) mass is 393 g/mol. The van der Waals surface area contributed by atoms with Crippen LogP contribution in [-0.4, -0.2) is 39.0 Å². The number of carbonyl (C=O) groups is 1. The van der Waals surface area contributed by atoms with E-state index >= 15 is 0 Å². The third-order valence-corrected chi connectivity index (χ3v) is 4.47. The largest absolute Gasteiger partial charge is 0.573 e. The highest BCUT2D eigenvalue weighted by Crippen LogP contribution is 2.33. The molecule has 4 rings (SSSR count). The number of amides is 1. The second-order valence-electron chi connectivity index (χ2n) is 6.22. The fraction of sp³-hybridized carbons (Fsp3) is 0.235. The number of alkyl halides is 3. The van der Waals surface area contributed by atoms with Gasteiger partial charge in [-0.2, -0.15) is 0 Å². The molecule has 1 aliphatic rings. The molecule has 0 radical (unpaired) electrons. The summed E-state index contributed by atoms with van der Waals surface area (Å²) in [6, 6.07) is 4.18. The first kappa shape index (κ1) is 18.0. The lowest BCUT2D eigenvalue weighted by atomic mass is 10.0. The summed E-state index contributed by atoms with van der Waals surface area (Å²) in [5.74, 6) is -0.631. The first-order chi connectivity index (χ1) is 13.3. The van der Waals surface area contributed by atoms with E-state index in [1.807, 2.05) is 4.90 Å². The van der Waals surface area contributed by atoms with E-state index in [0.717, 1.165) is 16.8 Å². The smallest absolute Gasteiger partial charge is 0.406 e. The van der Waals surface area contributed by atoms with Crippen molar-refractivity contribution in [3.63, 3.8) is 0 Å². The van der Waals surface area contributed by atoms with E-state index in [1.54, 1.807) is 6.07 Å². The number of aromatic nitrogens is 3. The minimum absolute atomic E-state index is 0.102. The molecular weight excluding hydrogens is 379 g/mol. The number of nitrogens with one attached hydrogen (secondary N) is 2. The van der Waals surface area contributed by atoms with Crippen molar-refractivity contribution in [3.05, 3.63) is 47.4 Å². The lowest BCUT2D eigenvalue weighted by Gasteiger charge is -2.27. The van der Waals surface area contributed by atoms with E-state index in [4.69, 9.17) is 5.21 Å². The minimum Gasteiger partial charge on any atom is -0.406 e. The van der Waals surface area contributed by atoms with Crippen LogP contribution in [-0.2, 0) is 13.0 Å². The summed E-state index contributed by atoms with van der Waals surface area (Å²) in [5, 5.41) is 9.27. The van der Waals surface area contributed by atoms with Gasteiger partial charge in [0.1, 0.15) is 5.75 Å². The zero-order valence-electron chi connectivity index (χ0n) is 14.2. The summed E-state index contributed by atoms with van der Waals surface area (Å²) < 4.78 is 41.5. The van der Waals surface area contributed by atoms with E-state index in [2.05, 4.69) is 19.7 Å². The highest BCUT2D eigenvalue weighted by Gasteiger charge is 2.31. The minimum atomic E-state index is -4.76. The fourth-order valence-corrected chi connectivity index (χ4v) is 3.23. The van der Waals surface area contributed by atoms with Crippen molar-refractivity contribution in [2.24, 2.45) is 0 Å². The number of fused-ring (bicyclic) bond motifs is 3. The van der Waals surface area contributed by atoms with Crippen molar-refractivity contribution in [3.8, 4) is 5.75 Å². The third kappa shape index (κ3) is 3.43. The van der Waals surface area contributed by atoms with Crippen molar-refractivity contribution in [1.29, 1.82) is 0 Å². The molecule has 11 heteroatoms. The van der Waals surface area contributed by atoms with Crippen LogP contribution < -0.4 is 15.1 Å². The van der Waals surface area contributed by atoms with Crippen molar-refractivity contribution in [2.45, 2.75) is 19.3 Å². The highest BCUT2D eigenvalue weighted by atomic mass is 19.4. The van der Waals surface area contributed by atoms with E-state index < -0.39 is 12.3 Å². The molecule has 0 saturated carbocycles. The summed E-state index contributed by atoms with van der Waals surface area (Å²) in [7, 11) is 0. The first-order valence-corrected chi connectivity index (χ1v) is 8.25. The molecule has 0 unspecified atom stereocenters. The van der Waals surface area contributed by atoms with Crippen molar-refractivity contribution in [1.82, 2.24) is 20.4 Å². The highest BCUT2D eigenvalue weighted by molar-refractivity contribution is 5.92. The Morgan fingerprint density at radius 1 is 1.29 bits per heavy atom. The molecule has 1 aliphatic heterocycles. The Bertz CT molecular complexity index is 1030. The molecule has 3 aromatic rings. The number of benzene rings is 1. The zero-order chi connectivity index (χ0) is 19.9. The molecule has 0 spiro atoms. The maximum Gasteiger partial charge on any atom is 0.573 e. The Balaban J connectivity index is 1.62. The Kier molecular flexibility index (Phi) is 4.30. The van der Waals surface area contributed by atoms with Gasteiger partial charge in [0.25, 0.3) is 5.91 Å². The summed E-state index contributed by atoms with van der Waals surface area (Å²) in [6.07, 6.45) is -1.56. The fourth-order valence-electron chi connectivity index (χ4n) is 3.23. The van der Waals surface area contributed by atoms with Crippen LogP contribution in [0.1, 0.15) is 21.6 Å². The van der Waals surface area contributed by atoms with Gasteiger partial charge in [0.15, 0.2) is 0 Å². The number of hydrogen-bond acceptors (Lipinski definition) is 6. The summed E-state index contributed by atoms with van der Waals surface area (Å²) >= 11 is 0. The normalized spacial score (nSPS) is 14.1. The number of hydrogen-bond donors (Lipinski definition) is 3. The molecule has 1 aromatic carbocycles. The second-order valence-corrected chi connectivity index (χ2v) is 6.22. The predicted octanol–water partition coefficient (Wildman–Crippen LogP) is 2.54. The van der Waals surface area contributed by atoms with Gasteiger partial charge in [-0.3, -0.25) is 10.0 Å². The molecule has 0 aliphatic carbocycles. The van der Waals surface area contributed by atoms with Crippen molar-refractivity contribution >= 4 is 22.8 Å².